The fourth-order valence-electron chi connectivity index (χ4n) is 2.85. The van der Waals surface area contributed by atoms with Crippen molar-refractivity contribution < 1.29 is 9.21 Å². The number of aromatic amines is 1. The monoisotopic (exact) mass is 327 g/mol. The van der Waals surface area contributed by atoms with Crippen molar-refractivity contribution in [1.29, 1.82) is 0 Å². The molecule has 0 bridgehead atoms. The first-order valence-electron chi connectivity index (χ1n) is 7.56. The van der Waals surface area contributed by atoms with Crippen LogP contribution in [-0.2, 0) is 5.75 Å². The van der Waals surface area contributed by atoms with Crippen molar-refractivity contribution in [3.05, 3.63) is 53.7 Å². The van der Waals surface area contributed by atoms with Gasteiger partial charge >= 0.3 is 0 Å². The number of nitrogens with zero attached hydrogens (tertiary/aromatic N) is 2. The molecule has 118 valence electrons. The second-order valence-corrected chi connectivity index (χ2v) is 6.61. The van der Waals surface area contributed by atoms with E-state index in [0.29, 0.717) is 18.8 Å². The van der Waals surface area contributed by atoms with Gasteiger partial charge in [0.25, 0.3) is 5.91 Å². The van der Waals surface area contributed by atoms with Gasteiger partial charge in [-0.15, -0.1) is 0 Å². The Hall–Kier alpha value is -2.21. The fourth-order valence-corrected chi connectivity index (χ4v) is 3.29. The Balaban J connectivity index is 1.43. The number of carbonyl (C=O) groups is 1. The van der Waals surface area contributed by atoms with E-state index in [9.17, 15) is 4.79 Å². The van der Waals surface area contributed by atoms with Crippen LogP contribution in [0.5, 0.6) is 0 Å². The summed E-state index contributed by atoms with van der Waals surface area (Å²) < 4.78 is 5.60. The van der Waals surface area contributed by atoms with E-state index >= 15 is 0 Å². The molecular weight excluding hydrogens is 310 g/mol. The number of furan rings is 1. The Morgan fingerprint density at radius 1 is 1.35 bits per heavy atom. The summed E-state index contributed by atoms with van der Waals surface area (Å²) in [4.78, 5) is 22.1. The number of rotatable bonds is 4. The zero-order valence-electron chi connectivity index (χ0n) is 12.8. The Kier molecular flexibility index (Phi) is 3.61. The molecule has 0 unspecified atom stereocenters. The van der Waals surface area contributed by atoms with Crippen molar-refractivity contribution in [3.8, 4) is 0 Å². The number of benzene rings is 1. The maximum Gasteiger partial charge on any atom is 0.289 e. The highest BCUT2D eigenvalue weighted by atomic mass is 32.2. The normalized spacial score (nSPS) is 15.1. The highest BCUT2D eigenvalue weighted by Gasteiger charge is 2.35. The standard InChI is InChI=1S/C17H17N3O2S/c1-23-10-12-6-7-15(22-12)17(21)20-8-11(9-20)16-18-13-4-2-3-5-14(13)19-16/h2-7,11H,8-10H2,1H3,(H,18,19). The van der Waals surface area contributed by atoms with Gasteiger partial charge in [-0.25, -0.2) is 4.98 Å². The third kappa shape index (κ3) is 2.63. The molecule has 1 aliphatic heterocycles. The molecule has 1 N–H and O–H groups in total. The molecule has 6 heteroatoms. The van der Waals surface area contributed by atoms with Crippen molar-refractivity contribution in [3.63, 3.8) is 0 Å². The summed E-state index contributed by atoms with van der Waals surface area (Å²) in [6.45, 7) is 1.36. The van der Waals surface area contributed by atoms with Gasteiger partial charge in [-0.3, -0.25) is 4.79 Å². The van der Waals surface area contributed by atoms with Crippen LogP contribution in [0.3, 0.4) is 0 Å². The minimum absolute atomic E-state index is 0.0373. The number of para-hydroxylation sites is 2. The van der Waals surface area contributed by atoms with Crippen LogP contribution in [0.4, 0.5) is 0 Å². The third-order valence-electron chi connectivity index (χ3n) is 4.12. The molecule has 0 spiro atoms. The van der Waals surface area contributed by atoms with E-state index < -0.39 is 0 Å². The minimum atomic E-state index is -0.0373. The first kappa shape index (κ1) is 14.4. The molecule has 5 nitrogen and oxygen atoms in total. The van der Waals surface area contributed by atoms with Gasteiger partial charge in [0.1, 0.15) is 11.6 Å². The van der Waals surface area contributed by atoms with Gasteiger partial charge in [0.2, 0.25) is 0 Å². The van der Waals surface area contributed by atoms with Crippen LogP contribution in [0.15, 0.2) is 40.8 Å². The second kappa shape index (κ2) is 5.77. The molecule has 0 atom stereocenters. The van der Waals surface area contributed by atoms with Crippen molar-refractivity contribution in [1.82, 2.24) is 14.9 Å². The molecule has 1 fully saturated rings. The smallest absolute Gasteiger partial charge is 0.289 e. The minimum Gasteiger partial charge on any atom is -0.455 e. The average Bonchev–Trinajstić information content (AvgIpc) is 3.12. The van der Waals surface area contributed by atoms with Gasteiger partial charge in [-0.1, -0.05) is 12.1 Å². The quantitative estimate of drug-likeness (QED) is 0.799. The molecule has 3 heterocycles. The molecule has 3 aromatic rings. The van der Waals surface area contributed by atoms with Crippen LogP contribution >= 0.6 is 11.8 Å². The Bertz CT molecular complexity index is 815. The number of thioether (sulfide) groups is 1. The van der Waals surface area contributed by atoms with Gasteiger partial charge in [0.15, 0.2) is 5.76 Å². The highest BCUT2D eigenvalue weighted by Crippen LogP contribution is 2.28. The zero-order chi connectivity index (χ0) is 15.8. The number of hydrogen-bond acceptors (Lipinski definition) is 4. The average molecular weight is 327 g/mol. The highest BCUT2D eigenvalue weighted by molar-refractivity contribution is 7.97. The van der Waals surface area contributed by atoms with E-state index in [2.05, 4.69) is 9.97 Å². The van der Waals surface area contributed by atoms with Crippen LogP contribution in [0, 0.1) is 0 Å². The number of H-pyrrole nitrogens is 1. The summed E-state index contributed by atoms with van der Waals surface area (Å²) in [6.07, 6.45) is 2.01. The Morgan fingerprint density at radius 2 is 2.17 bits per heavy atom. The van der Waals surface area contributed by atoms with E-state index in [1.807, 2.05) is 36.6 Å². The SMILES string of the molecule is CSCc1ccc(C(=O)N2CC(c3nc4ccccc4[nH]3)C2)o1. The van der Waals surface area contributed by atoms with E-state index in [0.717, 1.165) is 28.4 Å². The van der Waals surface area contributed by atoms with Crippen molar-refractivity contribution in [2.24, 2.45) is 0 Å². The lowest BCUT2D eigenvalue weighted by Crippen LogP contribution is -2.48. The van der Waals surface area contributed by atoms with Crippen LogP contribution in [0.25, 0.3) is 11.0 Å². The molecule has 1 amide bonds. The molecule has 0 radical (unpaired) electrons. The fraction of sp³-hybridized carbons (Fsp3) is 0.294. The molecule has 2 aromatic heterocycles. The first-order chi connectivity index (χ1) is 11.2. The largest absolute Gasteiger partial charge is 0.455 e. The molecular formula is C17H17N3O2S. The number of nitrogens with one attached hydrogen (secondary N) is 1. The molecule has 1 saturated heterocycles. The maximum atomic E-state index is 12.4. The lowest BCUT2D eigenvalue weighted by molar-refractivity contribution is 0.0561. The van der Waals surface area contributed by atoms with Crippen LogP contribution in [-0.4, -0.2) is 40.1 Å². The summed E-state index contributed by atoms with van der Waals surface area (Å²) in [6, 6.07) is 11.6. The number of aromatic nitrogens is 2. The summed E-state index contributed by atoms with van der Waals surface area (Å²) in [5, 5.41) is 0. The number of amides is 1. The Labute approximate surface area is 138 Å². The van der Waals surface area contributed by atoms with E-state index in [-0.39, 0.29) is 11.8 Å². The molecule has 1 aromatic carbocycles. The van der Waals surface area contributed by atoms with Crippen molar-refractivity contribution in [2.75, 3.05) is 19.3 Å². The second-order valence-electron chi connectivity index (χ2n) is 5.75. The van der Waals surface area contributed by atoms with Gasteiger partial charge in [0, 0.05) is 13.1 Å². The summed E-state index contributed by atoms with van der Waals surface area (Å²) >= 11 is 1.68. The number of carbonyl (C=O) groups excluding carboxylic acids is 1. The van der Waals surface area contributed by atoms with Crippen molar-refractivity contribution >= 4 is 28.7 Å². The summed E-state index contributed by atoms with van der Waals surface area (Å²) in [5.74, 6) is 3.25. The van der Waals surface area contributed by atoms with Crippen LogP contribution < -0.4 is 0 Å². The zero-order valence-corrected chi connectivity index (χ0v) is 13.6. The van der Waals surface area contributed by atoms with E-state index in [1.165, 1.54) is 0 Å². The first-order valence-corrected chi connectivity index (χ1v) is 8.95. The van der Waals surface area contributed by atoms with Gasteiger partial charge < -0.3 is 14.3 Å². The lowest BCUT2D eigenvalue weighted by Gasteiger charge is -2.37. The van der Waals surface area contributed by atoms with Gasteiger partial charge in [0.05, 0.1) is 22.7 Å². The Morgan fingerprint density at radius 3 is 2.96 bits per heavy atom. The van der Waals surface area contributed by atoms with Gasteiger partial charge in [-0.2, -0.15) is 11.8 Å². The predicted octanol–water partition coefficient (Wildman–Crippen LogP) is 3.26. The number of imidazole rings is 1. The predicted molar refractivity (Wildman–Crippen MR) is 90.7 cm³/mol. The van der Waals surface area contributed by atoms with Gasteiger partial charge in [-0.05, 0) is 30.5 Å². The molecule has 4 rings (SSSR count). The molecule has 1 aliphatic rings. The van der Waals surface area contributed by atoms with E-state index in [1.54, 1.807) is 22.7 Å². The topological polar surface area (TPSA) is 62.1 Å². The third-order valence-corrected chi connectivity index (χ3v) is 4.70. The summed E-state index contributed by atoms with van der Waals surface area (Å²) in [5.41, 5.74) is 2.01. The lowest BCUT2D eigenvalue weighted by atomic mass is 9.99. The number of fused-ring (bicyclic) bond motifs is 1. The van der Waals surface area contributed by atoms with Crippen LogP contribution in [0.1, 0.15) is 28.1 Å². The molecule has 23 heavy (non-hydrogen) atoms. The number of hydrogen-bond donors (Lipinski definition) is 1. The maximum absolute atomic E-state index is 12.4. The number of likely N-dealkylation sites (tertiary alicyclic amines) is 1. The molecule has 0 aliphatic carbocycles. The molecule has 0 saturated carbocycles. The van der Waals surface area contributed by atoms with Crippen molar-refractivity contribution in [2.45, 2.75) is 11.7 Å². The van der Waals surface area contributed by atoms with Crippen LogP contribution in [0.2, 0.25) is 0 Å². The summed E-state index contributed by atoms with van der Waals surface area (Å²) in [7, 11) is 0. The van der Waals surface area contributed by atoms with E-state index in [4.69, 9.17) is 4.42 Å².